The number of anilines is 1. The normalized spacial score (nSPS) is 23.1. The summed E-state index contributed by atoms with van der Waals surface area (Å²) in [7, 11) is 0. The second kappa shape index (κ2) is 10.8. The maximum Gasteiger partial charge on any atom is 0.416 e. The molecule has 1 aromatic heterocycles. The summed E-state index contributed by atoms with van der Waals surface area (Å²) in [4.78, 5) is 32.5. The van der Waals surface area contributed by atoms with Crippen molar-refractivity contribution in [3.8, 4) is 16.9 Å². The summed E-state index contributed by atoms with van der Waals surface area (Å²) in [5.41, 5.74) is -1.72. The maximum absolute atomic E-state index is 13.5. The topological polar surface area (TPSA) is 103 Å². The van der Waals surface area contributed by atoms with E-state index in [9.17, 15) is 46.1 Å². The average Bonchev–Trinajstić information content (AvgIpc) is 3.69. The zero-order valence-corrected chi connectivity index (χ0v) is 23.7. The molecule has 238 valence electrons. The minimum atomic E-state index is -5.07. The molecule has 1 saturated carbocycles. The summed E-state index contributed by atoms with van der Waals surface area (Å²) in [6.45, 7) is 2.71. The quantitative estimate of drug-likeness (QED) is 0.270. The van der Waals surface area contributed by atoms with Gasteiger partial charge >= 0.3 is 24.4 Å². The van der Waals surface area contributed by atoms with Crippen LogP contribution in [0.15, 0.2) is 48.5 Å². The van der Waals surface area contributed by atoms with E-state index in [1.54, 1.807) is 24.3 Å². The molecule has 45 heavy (non-hydrogen) atoms. The molecule has 2 saturated heterocycles. The molecular formula is C31H27F6N3O5. The van der Waals surface area contributed by atoms with Gasteiger partial charge in [0.2, 0.25) is 0 Å². The molecule has 0 radical (unpaired) electrons. The number of aliphatic carboxylic acids is 1. The van der Waals surface area contributed by atoms with E-state index in [1.807, 2.05) is 4.90 Å². The van der Waals surface area contributed by atoms with Crippen molar-refractivity contribution in [2.24, 2.45) is 5.92 Å². The third kappa shape index (κ3) is 5.85. The SMILES string of the molecule is C[C@H]1[C@@H](c2cc(C(F)(F)F)cc(C(F)(F)F)c2)OC(=O)N1Cc1nc(N2CCC2)ccc1-c1cc([C@H]2C[C@@H]2C(=O)O)ccc1O. The number of benzene rings is 2. The van der Waals surface area contributed by atoms with Gasteiger partial charge < -0.3 is 19.8 Å². The van der Waals surface area contributed by atoms with E-state index < -0.39 is 59.2 Å². The minimum absolute atomic E-state index is 0.0150. The number of amides is 1. The highest BCUT2D eigenvalue weighted by Gasteiger charge is 2.45. The summed E-state index contributed by atoms with van der Waals surface area (Å²) in [5.74, 6) is -1.23. The molecular weight excluding hydrogens is 608 g/mol. The molecule has 0 bridgehead atoms. The molecule has 1 aliphatic carbocycles. The highest BCUT2D eigenvalue weighted by atomic mass is 19.4. The van der Waals surface area contributed by atoms with Gasteiger partial charge in [0.25, 0.3) is 0 Å². The number of aromatic hydroxyl groups is 1. The first kappa shape index (κ1) is 30.5. The first-order valence-corrected chi connectivity index (χ1v) is 14.2. The summed E-state index contributed by atoms with van der Waals surface area (Å²) in [5, 5.41) is 20.2. The van der Waals surface area contributed by atoms with Crippen LogP contribution in [0, 0.1) is 5.92 Å². The summed E-state index contributed by atoms with van der Waals surface area (Å²) >= 11 is 0. The van der Waals surface area contributed by atoms with Crippen LogP contribution >= 0.6 is 0 Å². The Morgan fingerprint density at radius 1 is 0.956 bits per heavy atom. The largest absolute Gasteiger partial charge is 0.507 e. The Morgan fingerprint density at radius 3 is 2.18 bits per heavy atom. The number of rotatable bonds is 7. The van der Waals surface area contributed by atoms with E-state index in [-0.39, 0.29) is 24.3 Å². The Labute approximate surface area is 252 Å². The molecule has 3 aromatic rings. The van der Waals surface area contributed by atoms with Crippen molar-refractivity contribution >= 4 is 17.9 Å². The smallest absolute Gasteiger partial charge is 0.416 e. The lowest BCUT2D eigenvalue weighted by Gasteiger charge is -2.33. The maximum atomic E-state index is 13.5. The molecule has 3 fully saturated rings. The third-order valence-electron chi connectivity index (χ3n) is 8.64. The van der Waals surface area contributed by atoms with Crippen LogP contribution in [0.3, 0.4) is 0 Å². The Bertz CT molecular complexity index is 1640. The summed E-state index contributed by atoms with van der Waals surface area (Å²) < 4.78 is 86.6. The number of carbonyl (C=O) groups excluding carboxylic acids is 1. The lowest BCUT2D eigenvalue weighted by molar-refractivity contribution is -0.143. The van der Waals surface area contributed by atoms with Crippen molar-refractivity contribution in [1.82, 2.24) is 9.88 Å². The molecule has 6 rings (SSSR count). The number of phenols is 1. The van der Waals surface area contributed by atoms with Crippen LogP contribution < -0.4 is 4.90 Å². The zero-order chi connectivity index (χ0) is 32.4. The summed E-state index contributed by atoms with van der Waals surface area (Å²) in [6, 6.07) is 8.34. The first-order chi connectivity index (χ1) is 21.1. The van der Waals surface area contributed by atoms with Gasteiger partial charge in [0, 0.05) is 24.2 Å². The second-order valence-corrected chi connectivity index (χ2v) is 11.6. The van der Waals surface area contributed by atoms with E-state index in [2.05, 4.69) is 0 Å². The van der Waals surface area contributed by atoms with Gasteiger partial charge in [0.15, 0.2) is 0 Å². The molecule has 3 heterocycles. The van der Waals surface area contributed by atoms with Crippen molar-refractivity contribution < 1.29 is 50.9 Å². The van der Waals surface area contributed by atoms with Crippen LogP contribution in [0.4, 0.5) is 37.0 Å². The van der Waals surface area contributed by atoms with Gasteiger partial charge in [0.05, 0.1) is 35.3 Å². The zero-order valence-electron chi connectivity index (χ0n) is 23.7. The van der Waals surface area contributed by atoms with Crippen LogP contribution in [0.1, 0.15) is 59.7 Å². The molecule has 2 N–H and O–H groups in total. The number of carboxylic acid groups (broad SMARTS) is 1. The highest BCUT2D eigenvalue weighted by Crippen LogP contribution is 2.49. The molecule has 3 aliphatic rings. The Morgan fingerprint density at radius 2 is 1.62 bits per heavy atom. The van der Waals surface area contributed by atoms with Gasteiger partial charge in [-0.25, -0.2) is 9.78 Å². The number of carboxylic acids is 1. The van der Waals surface area contributed by atoms with Gasteiger partial charge in [-0.2, -0.15) is 26.3 Å². The fourth-order valence-corrected chi connectivity index (χ4v) is 5.88. The van der Waals surface area contributed by atoms with Crippen LogP contribution in [0.25, 0.3) is 11.1 Å². The molecule has 4 atom stereocenters. The van der Waals surface area contributed by atoms with Crippen molar-refractivity contribution in [3.63, 3.8) is 0 Å². The van der Waals surface area contributed by atoms with Crippen molar-refractivity contribution in [1.29, 1.82) is 0 Å². The molecule has 1 amide bonds. The van der Waals surface area contributed by atoms with Crippen LogP contribution in [-0.4, -0.2) is 51.3 Å². The van der Waals surface area contributed by atoms with Crippen LogP contribution in [-0.2, 0) is 28.4 Å². The second-order valence-electron chi connectivity index (χ2n) is 11.6. The monoisotopic (exact) mass is 635 g/mol. The van der Waals surface area contributed by atoms with E-state index in [0.29, 0.717) is 46.8 Å². The number of nitrogens with zero attached hydrogens (tertiary/aromatic N) is 3. The number of hydrogen-bond acceptors (Lipinski definition) is 6. The fourth-order valence-electron chi connectivity index (χ4n) is 5.88. The fraction of sp³-hybridized carbons (Fsp3) is 0.387. The number of halogens is 6. The van der Waals surface area contributed by atoms with Crippen molar-refractivity contribution in [2.45, 2.75) is 56.7 Å². The lowest BCUT2D eigenvalue weighted by atomic mass is 9.96. The third-order valence-corrected chi connectivity index (χ3v) is 8.64. The summed E-state index contributed by atoms with van der Waals surface area (Å²) in [6.07, 6.45) is -11.1. The predicted octanol–water partition coefficient (Wildman–Crippen LogP) is 6.97. The number of hydrogen-bond donors (Lipinski definition) is 2. The first-order valence-electron chi connectivity index (χ1n) is 14.2. The van der Waals surface area contributed by atoms with E-state index in [4.69, 9.17) is 9.72 Å². The van der Waals surface area contributed by atoms with Crippen LogP contribution in [0.2, 0.25) is 0 Å². The van der Waals surface area contributed by atoms with E-state index in [0.717, 1.165) is 19.5 Å². The number of carbonyl (C=O) groups is 2. The number of alkyl halides is 6. The Balaban J connectivity index is 1.36. The van der Waals surface area contributed by atoms with Crippen molar-refractivity contribution in [3.05, 3.63) is 76.5 Å². The van der Waals surface area contributed by atoms with E-state index in [1.165, 1.54) is 17.9 Å². The highest BCUT2D eigenvalue weighted by molar-refractivity contribution is 5.78. The number of ether oxygens (including phenoxy) is 1. The molecule has 0 spiro atoms. The Hall–Kier alpha value is -4.49. The van der Waals surface area contributed by atoms with Gasteiger partial charge in [-0.05, 0) is 79.3 Å². The molecule has 8 nitrogen and oxygen atoms in total. The van der Waals surface area contributed by atoms with Gasteiger partial charge in [-0.15, -0.1) is 0 Å². The number of aromatic nitrogens is 1. The Kier molecular flexibility index (Phi) is 7.36. The van der Waals surface area contributed by atoms with E-state index >= 15 is 0 Å². The average molecular weight is 636 g/mol. The van der Waals surface area contributed by atoms with Gasteiger partial charge in [-0.1, -0.05) is 6.07 Å². The van der Waals surface area contributed by atoms with Gasteiger partial charge in [0.1, 0.15) is 17.7 Å². The minimum Gasteiger partial charge on any atom is -0.507 e. The standard InChI is InChI=1S/C31H27F6N3O5/c1-15-27(17-9-18(30(32,33)34)12-19(10-17)31(35,36)37)45-29(44)40(15)14-24-20(4-6-26(38-24)39-7-2-8-39)22-11-16(3-5-25(22)41)21-13-23(21)28(42)43/h3-6,9-12,15,21,23,27,41H,2,7-8,13-14H2,1H3,(H,42,43)/t15-,21+,23-,27-/m0/s1. The molecule has 2 aliphatic heterocycles. The predicted molar refractivity (Wildman–Crippen MR) is 147 cm³/mol. The number of phenolic OH excluding ortho intramolecular Hbond substituents is 1. The van der Waals surface area contributed by atoms with Crippen LogP contribution in [0.5, 0.6) is 5.75 Å². The lowest BCUT2D eigenvalue weighted by Crippen LogP contribution is -2.38. The molecule has 0 unspecified atom stereocenters. The van der Waals surface area contributed by atoms with Crippen molar-refractivity contribution in [2.75, 3.05) is 18.0 Å². The van der Waals surface area contributed by atoms with Gasteiger partial charge in [-0.3, -0.25) is 9.69 Å². The number of cyclic esters (lactones) is 1. The molecule has 14 heteroatoms. The number of pyridine rings is 1. The molecule has 2 aromatic carbocycles.